The molecule has 3 fully saturated rings. The molecule has 0 aliphatic heterocycles. The molecule has 3 rings (SSSR count). The van der Waals surface area contributed by atoms with Crippen LogP contribution in [-0.2, 0) is 4.79 Å². The Kier molecular flexibility index (Phi) is 3.63. The lowest BCUT2D eigenvalue weighted by atomic mass is 9.85. The zero-order valence-electron chi connectivity index (χ0n) is 11.7. The van der Waals surface area contributed by atoms with Gasteiger partial charge >= 0.3 is 0 Å². The van der Waals surface area contributed by atoms with Crippen molar-refractivity contribution < 1.29 is 4.79 Å². The van der Waals surface area contributed by atoms with Gasteiger partial charge in [-0.15, -0.1) is 0 Å². The Morgan fingerprint density at radius 3 is 2.67 bits per heavy atom. The van der Waals surface area contributed by atoms with Crippen molar-refractivity contribution >= 4 is 5.91 Å². The summed E-state index contributed by atoms with van der Waals surface area (Å²) in [6.45, 7) is 2.31. The molecule has 0 aromatic carbocycles. The highest BCUT2D eigenvalue weighted by molar-refractivity contribution is 5.76. The van der Waals surface area contributed by atoms with Crippen LogP contribution in [0.5, 0.6) is 0 Å². The Labute approximate surface area is 111 Å². The quantitative estimate of drug-likeness (QED) is 0.815. The molecular weight excluding hydrogens is 222 g/mol. The minimum absolute atomic E-state index is 0.339. The minimum Gasteiger partial charge on any atom is -0.353 e. The van der Waals surface area contributed by atoms with Gasteiger partial charge in [0.25, 0.3) is 0 Å². The maximum atomic E-state index is 12.1. The lowest BCUT2D eigenvalue weighted by molar-refractivity contribution is -0.123. The van der Waals surface area contributed by atoms with Gasteiger partial charge in [0.2, 0.25) is 5.91 Å². The molecular formula is C16H27NO. The molecule has 1 N–H and O–H groups in total. The standard InChI is InChI=1S/C16H27NO/c1-11-3-2-4-15(7-11)17-16(18)10-14-9-12-5-6-13(14)8-12/h11-15H,2-10H2,1H3,(H,17,18). The maximum Gasteiger partial charge on any atom is 0.220 e. The van der Waals surface area contributed by atoms with Crippen LogP contribution in [0.3, 0.4) is 0 Å². The van der Waals surface area contributed by atoms with Crippen LogP contribution in [0.25, 0.3) is 0 Å². The van der Waals surface area contributed by atoms with Gasteiger partial charge in [0.05, 0.1) is 0 Å². The molecule has 0 radical (unpaired) electrons. The zero-order chi connectivity index (χ0) is 12.5. The van der Waals surface area contributed by atoms with Gasteiger partial charge in [-0.25, -0.2) is 0 Å². The largest absolute Gasteiger partial charge is 0.353 e. The first-order chi connectivity index (χ1) is 8.70. The summed E-state index contributed by atoms with van der Waals surface area (Å²) in [7, 11) is 0. The monoisotopic (exact) mass is 249 g/mol. The first-order valence-electron chi connectivity index (χ1n) is 8.00. The molecule has 0 heterocycles. The summed E-state index contributed by atoms with van der Waals surface area (Å²) in [5.74, 6) is 3.69. The van der Waals surface area contributed by atoms with Crippen LogP contribution < -0.4 is 5.32 Å². The van der Waals surface area contributed by atoms with E-state index in [4.69, 9.17) is 0 Å². The second-order valence-corrected chi connectivity index (χ2v) is 7.18. The summed E-state index contributed by atoms with van der Waals surface area (Å²) in [4.78, 5) is 12.1. The van der Waals surface area contributed by atoms with Crippen LogP contribution in [0.4, 0.5) is 0 Å². The Bertz CT molecular complexity index is 314. The summed E-state index contributed by atoms with van der Waals surface area (Å²) in [6.07, 6.45) is 11.4. The van der Waals surface area contributed by atoms with E-state index in [1.54, 1.807) is 0 Å². The van der Waals surface area contributed by atoms with Gasteiger partial charge in [-0.1, -0.05) is 26.2 Å². The molecule has 5 unspecified atom stereocenters. The van der Waals surface area contributed by atoms with Crippen molar-refractivity contribution in [2.45, 2.75) is 70.8 Å². The lowest BCUT2D eigenvalue weighted by Gasteiger charge is -2.28. The number of hydrogen-bond acceptors (Lipinski definition) is 1. The van der Waals surface area contributed by atoms with Gasteiger partial charge in [0.1, 0.15) is 0 Å². The molecule has 2 nitrogen and oxygen atoms in total. The summed E-state index contributed by atoms with van der Waals surface area (Å²) in [6, 6.07) is 0.472. The number of rotatable bonds is 3. The van der Waals surface area contributed by atoms with Crippen LogP contribution in [-0.4, -0.2) is 11.9 Å². The Balaban J connectivity index is 1.44. The second kappa shape index (κ2) is 5.22. The predicted molar refractivity (Wildman–Crippen MR) is 73.1 cm³/mol. The summed E-state index contributed by atoms with van der Waals surface area (Å²) < 4.78 is 0. The third-order valence-corrected chi connectivity index (χ3v) is 5.63. The number of fused-ring (bicyclic) bond motifs is 2. The molecule has 18 heavy (non-hydrogen) atoms. The smallest absolute Gasteiger partial charge is 0.220 e. The summed E-state index contributed by atoms with van der Waals surface area (Å²) >= 11 is 0. The minimum atomic E-state index is 0.339. The van der Waals surface area contributed by atoms with Crippen molar-refractivity contribution in [2.75, 3.05) is 0 Å². The first kappa shape index (κ1) is 12.5. The van der Waals surface area contributed by atoms with E-state index in [9.17, 15) is 4.79 Å². The highest BCUT2D eigenvalue weighted by atomic mass is 16.1. The zero-order valence-corrected chi connectivity index (χ0v) is 11.7. The molecule has 3 saturated carbocycles. The maximum absolute atomic E-state index is 12.1. The molecule has 1 amide bonds. The van der Waals surface area contributed by atoms with E-state index < -0.39 is 0 Å². The third-order valence-electron chi connectivity index (χ3n) is 5.63. The van der Waals surface area contributed by atoms with E-state index in [1.165, 1.54) is 51.4 Å². The Morgan fingerprint density at radius 1 is 1.11 bits per heavy atom. The summed E-state index contributed by atoms with van der Waals surface area (Å²) in [5.41, 5.74) is 0. The molecule has 5 atom stereocenters. The van der Waals surface area contributed by atoms with Gasteiger partial charge in [-0.3, -0.25) is 4.79 Å². The number of carbonyl (C=O) groups is 1. The fraction of sp³-hybridized carbons (Fsp3) is 0.938. The first-order valence-corrected chi connectivity index (χ1v) is 8.00. The molecule has 0 aromatic heterocycles. The van der Waals surface area contributed by atoms with Gasteiger partial charge in [-0.05, 0) is 55.8 Å². The van der Waals surface area contributed by atoms with Crippen molar-refractivity contribution in [2.24, 2.45) is 23.7 Å². The Hall–Kier alpha value is -0.530. The number of hydrogen-bond donors (Lipinski definition) is 1. The molecule has 0 aromatic rings. The van der Waals surface area contributed by atoms with Crippen molar-refractivity contribution in [3.8, 4) is 0 Å². The van der Waals surface area contributed by atoms with E-state index in [0.29, 0.717) is 17.9 Å². The van der Waals surface area contributed by atoms with Gasteiger partial charge in [0, 0.05) is 12.5 Å². The fourth-order valence-corrected chi connectivity index (χ4v) is 4.72. The molecule has 2 heteroatoms. The SMILES string of the molecule is CC1CCCC(NC(=O)CC2CC3CCC2C3)C1. The lowest BCUT2D eigenvalue weighted by Crippen LogP contribution is -2.39. The highest BCUT2D eigenvalue weighted by Gasteiger charge is 2.40. The van der Waals surface area contributed by atoms with Crippen LogP contribution in [0, 0.1) is 23.7 Å². The van der Waals surface area contributed by atoms with E-state index in [1.807, 2.05) is 0 Å². The number of amides is 1. The average Bonchev–Trinajstić information content (AvgIpc) is 2.90. The van der Waals surface area contributed by atoms with Crippen LogP contribution in [0.2, 0.25) is 0 Å². The summed E-state index contributed by atoms with van der Waals surface area (Å²) in [5, 5.41) is 3.30. The molecule has 0 saturated heterocycles. The van der Waals surface area contributed by atoms with Crippen LogP contribution in [0.15, 0.2) is 0 Å². The highest BCUT2D eigenvalue weighted by Crippen LogP contribution is 2.49. The Morgan fingerprint density at radius 2 is 2.00 bits per heavy atom. The number of carbonyl (C=O) groups excluding carboxylic acids is 1. The predicted octanol–water partition coefficient (Wildman–Crippen LogP) is 3.51. The van der Waals surface area contributed by atoms with Crippen LogP contribution >= 0.6 is 0 Å². The second-order valence-electron chi connectivity index (χ2n) is 7.18. The molecule has 3 aliphatic rings. The number of nitrogens with one attached hydrogen (secondary N) is 1. The van der Waals surface area contributed by atoms with Gasteiger partial charge < -0.3 is 5.32 Å². The van der Waals surface area contributed by atoms with Gasteiger partial charge in [0.15, 0.2) is 0 Å². The molecule has 2 bridgehead atoms. The van der Waals surface area contributed by atoms with Crippen molar-refractivity contribution in [1.82, 2.24) is 5.32 Å². The van der Waals surface area contributed by atoms with Gasteiger partial charge in [-0.2, -0.15) is 0 Å². The average molecular weight is 249 g/mol. The van der Waals surface area contributed by atoms with E-state index in [-0.39, 0.29) is 0 Å². The van der Waals surface area contributed by atoms with Crippen molar-refractivity contribution in [1.29, 1.82) is 0 Å². The van der Waals surface area contributed by atoms with Crippen molar-refractivity contribution in [3.05, 3.63) is 0 Å². The third kappa shape index (κ3) is 2.73. The van der Waals surface area contributed by atoms with E-state index in [0.717, 1.165) is 24.2 Å². The normalized spacial score (nSPS) is 43.1. The fourth-order valence-electron chi connectivity index (χ4n) is 4.72. The molecule has 102 valence electrons. The van der Waals surface area contributed by atoms with Crippen molar-refractivity contribution in [3.63, 3.8) is 0 Å². The molecule has 3 aliphatic carbocycles. The molecule has 0 spiro atoms. The van der Waals surface area contributed by atoms with Crippen LogP contribution in [0.1, 0.15) is 64.7 Å². The van der Waals surface area contributed by atoms with E-state index >= 15 is 0 Å². The van der Waals surface area contributed by atoms with E-state index in [2.05, 4.69) is 12.2 Å². The topological polar surface area (TPSA) is 29.1 Å².